The summed E-state index contributed by atoms with van der Waals surface area (Å²) >= 11 is 3.45. The fraction of sp³-hybridized carbons (Fsp3) is 1.00. The van der Waals surface area contributed by atoms with E-state index in [4.69, 9.17) is 0 Å². The number of unbranched alkanes of at least 4 members (excludes halogenated alkanes) is 13. The van der Waals surface area contributed by atoms with Crippen molar-refractivity contribution in [3.05, 3.63) is 0 Å². The van der Waals surface area contributed by atoms with Crippen molar-refractivity contribution >= 4 is 16.1 Å². The molecule has 0 atom stereocenters. The summed E-state index contributed by atoms with van der Waals surface area (Å²) in [5.74, 6) is 0. The van der Waals surface area contributed by atoms with Gasteiger partial charge in [-0.15, -0.1) is 0 Å². The first-order valence-corrected chi connectivity index (χ1v) is 9.35. The Kier molecular flexibility index (Phi) is 16.9. The van der Waals surface area contributed by atoms with Gasteiger partial charge in [-0.25, -0.2) is 3.93 Å². The van der Waals surface area contributed by atoms with Crippen LogP contribution in [0.5, 0.6) is 0 Å². The van der Waals surface area contributed by atoms with Gasteiger partial charge in [-0.05, 0) is 13.5 Å². The molecule has 0 saturated heterocycles. The third-order valence-corrected chi connectivity index (χ3v) is 4.17. The molecule has 0 spiro atoms. The van der Waals surface area contributed by atoms with Crippen LogP contribution in [-0.4, -0.2) is 17.5 Å². The second-order valence-electron chi connectivity index (χ2n) is 5.92. The Morgan fingerprint density at radius 3 is 1.21 bits per heavy atom. The molecule has 19 heavy (non-hydrogen) atoms. The summed E-state index contributed by atoms with van der Waals surface area (Å²) in [6, 6.07) is 0. The van der Waals surface area contributed by atoms with Crippen molar-refractivity contribution < 1.29 is 0 Å². The minimum absolute atomic E-state index is 1.18. The summed E-state index contributed by atoms with van der Waals surface area (Å²) in [7, 11) is 2.09. The van der Waals surface area contributed by atoms with Crippen LogP contribution < -0.4 is 0 Å². The predicted octanol–water partition coefficient (Wildman–Crippen LogP) is 6.71. The second-order valence-corrected chi connectivity index (χ2v) is 7.14. The number of rotatable bonds is 15. The molecule has 0 heterocycles. The highest BCUT2D eigenvalue weighted by Gasteiger charge is 1.95. The van der Waals surface area contributed by atoms with Gasteiger partial charge in [0.1, 0.15) is 0 Å². The van der Waals surface area contributed by atoms with Gasteiger partial charge in [0.2, 0.25) is 0 Å². The Labute approximate surface area is 130 Å². The highest BCUT2D eigenvalue weighted by atomic mass is 79.9. The first-order chi connectivity index (χ1) is 9.27. The second kappa shape index (κ2) is 16.5. The average Bonchev–Trinajstić information content (AvgIpc) is 2.39. The smallest absolute Gasteiger partial charge is 0.0117 e. The Morgan fingerprint density at radius 2 is 0.895 bits per heavy atom. The van der Waals surface area contributed by atoms with Crippen LogP contribution in [0.2, 0.25) is 0 Å². The zero-order valence-electron chi connectivity index (χ0n) is 13.4. The van der Waals surface area contributed by atoms with E-state index in [2.05, 4.69) is 34.0 Å². The van der Waals surface area contributed by atoms with E-state index >= 15 is 0 Å². The standard InChI is InChI=1S/C17H36BrN/c1-3-4-5-6-7-8-9-10-11-12-13-14-15-16-17-19(2)18/h3-17H2,1-2H3. The summed E-state index contributed by atoms with van der Waals surface area (Å²) in [6.07, 6.45) is 20.1. The highest BCUT2D eigenvalue weighted by Crippen LogP contribution is 2.13. The van der Waals surface area contributed by atoms with Crippen molar-refractivity contribution in [3.8, 4) is 0 Å². The van der Waals surface area contributed by atoms with Gasteiger partial charge in [0.05, 0.1) is 0 Å². The molecule has 0 unspecified atom stereocenters. The van der Waals surface area contributed by atoms with Gasteiger partial charge in [0.25, 0.3) is 0 Å². The van der Waals surface area contributed by atoms with Gasteiger partial charge in [0.15, 0.2) is 0 Å². The molecule has 0 bridgehead atoms. The molecule has 0 fully saturated rings. The lowest BCUT2D eigenvalue weighted by Gasteiger charge is -2.06. The zero-order chi connectivity index (χ0) is 14.2. The molecular formula is C17H36BrN. The van der Waals surface area contributed by atoms with Gasteiger partial charge in [-0.3, -0.25) is 0 Å². The average molecular weight is 334 g/mol. The van der Waals surface area contributed by atoms with E-state index in [1.807, 2.05) is 0 Å². The summed E-state index contributed by atoms with van der Waals surface area (Å²) in [5.41, 5.74) is 0. The molecule has 0 aromatic carbocycles. The van der Waals surface area contributed by atoms with E-state index in [-0.39, 0.29) is 0 Å². The zero-order valence-corrected chi connectivity index (χ0v) is 15.0. The van der Waals surface area contributed by atoms with Gasteiger partial charge in [-0.2, -0.15) is 0 Å². The number of nitrogens with zero attached hydrogens (tertiary/aromatic N) is 1. The fourth-order valence-corrected chi connectivity index (χ4v) is 2.77. The minimum Gasteiger partial charge on any atom is -0.245 e. The third-order valence-electron chi connectivity index (χ3n) is 3.82. The summed E-state index contributed by atoms with van der Waals surface area (Å²) < 4.78 is 2.10. The molecule has 2 heteroatoms. The Hall–Kier alpha value is 0.440. The first kappa shape index (κ1) is 19.4. The van der Waals surface area contributed by atoms with E-state index in [9.17, 15) is 0 Å². The van der Waals surface area contributed by atoms with Crippen LogP contribution >= 0.6 is 16.1 Å². The van der Waals surface area contributed by atoms with Crippen LogP contribution in [0.4, 0.5) is 0 Å². The molecule has 0 amide bonds. The van der Waals surface area contributed by atoms with Crippen LogP contribution in [0.25, 0.3) is 0 Å². The lowest BCUT2D eigenvalue weighted by atomic mass is 10.0. The molecule has 0 radical (unpaired) electrons. The van der Waals surface area contributed by atoms with Crippen LogP contribution in [0.15, 0.2) is 0 Å². The van der Waals surface area contributed by atoms with Crippen molar-refractivity contribution in [1.82, 2.24) is 3.93 Å². The summed E-state index contributed by atoms with van der Waals surface area (Å²) in [6.45, 7) is 3.47. The van der Waals surface area contributed by atoms with Crippen LogP contribution in [0.3, 0.4) is 0 Å². The van der Waals surface area contributed by atoms with E-state index in [0.717, 1.165) is 0 Å². The first-order valence-electron chi connectivity index (χ1n) is 8.64. The quantitative estimate of drug-likeness (QED) is 0.238. The Morgan fingerprint density at radius 1 is 0.579 bits per heavy atom. The maximum Gasteiger partial charge on any atom is 0.0117 e. The van der Waals surface area contributed by atoms with E-state index in [0.29, 0.717) is 0 Å². The molecule has 0 rings (SSSR count). The Bertz CT molecular complexity index is 159. The third kappa shape index (κ3) is 18.4. The number of hydrogen-bond acceptors (Lipinski definition) is 1. The van der Waals surface area contributed by atoms with Crippen LogP contribution in [0, 0.1) is 0 Å². The molecule has 0 aliphatic rings. The van der Waals surface area contributed by atoms with Gasteiger partial charge in [-0.1, -0.05) is 90.4 Å². The van der Waals surface area contributed by atoms with E-state index < -0.39 is 0 Å². The molecule has 0 N–H and O–H groups in total. The lowest BCUT2D eigenvalue weighted by molar-refractivity contribution is 0.506. The summed E-state index contributed by atoms with van der Waals surface area (Å²) in [4.78, 5) is 0. The molecule has 1 nitrogen and oxygen atoms in total. The van der Waals surface area contributed by atoms with Gasteiger partial charge < -0.3 is 0 Å². The maximum atomic E-state index is 3.45. The van der Waals surface area contributed by atoms with Gasteiger partial charge >= 0.3 is 0 Å². The van der Waals surface area contributed by atoms with Gasteiger partial charge in [0, 0.05) is 22.7 Å². The topological polar surface area (TPSA) is 3.24 Å². The van der Waals surface area contributed by atoms with Crippen LogP contribution in [0.1, 0.15) is 96.8 Å². The molecule has 0 aliphatic heterocycles. The number of halogens is 1. The van der Waals surface area contributed by atoms with Crippen molar-refractivity contribution in [3.63, 3.8) is 0 Å². The van der Waals surface area contributed by atoms with Crippen molar-refractivity contribution in [2.45, 2.75) is 96.8 Å². The maximum absolute atomic E-state index is 3.45. The lowest BCUT2D eigenvalue weighted by Crippen LogP contribution is -2.04. The molecule has 0 aliphatic carbocycles. The predicted molar refractivity (Wildman–Crippen MR) is 91.9 cm³/mol. The number of hydrogen-bond donors (Lipinski definition) is 0. The SMILES string of the molecule is CCCCCCCCCCCCCCCCN(C)Br. The largest absolute Gasteiger partial charge is 0.245 e. The molecule has 0 aromatic rings. The molecule has 0 saturated carbocycles. The normalized spacial score (nSPS) is 11.4. The van der Waals surface area contributed by atoms with Crippen molar-refractivity contribution in [2.24, 2.45) is 0 Å². The monoisotopic (exact) mass is 333 g/mol. The van der Waals surface area contributed by atoms with E-state index in [1.54, 1.807) is 0 Å². The van der Waals surface area contributed by atoms with Crippen molar-refractivity contribution in [1.29, 1.82) is 0 Å². The minimum atomic E-state index is 1.18. The van der Waals surface area contributed by atoms with Crippen molar-refractivity contribution in [2.75, 3.05) is 13.6 Å². The summed E-state index contributed by atoms with van der Waals surface area (Å²) in [5, 5.41) is 0. The Balaban J connectivity index is 2.91. The van der Waals surface area contributed by atoms with E-state index in [1.165, 1.54) is 96.4 Å². The molecule has 116 valence electrons. The van der Waals surface area contributed by atoms with Crippen LogP contribution in [-0.2, 0) is 0 Å². The molecule has 0 aromatic heterocycles. The highest BCUT2D eigenvalue weighted by molar-refractivity contribution is 9.07. The molecular weight excluding hydrogens is 298 g/mol. The fourth-order valence-electron chi connectivity index (χ4n) is 2.52.